The van der Waals surface area contributed by atoms with Gasteiger partial charge in [0.25, 0.3) is 0 Å². The molecule has 1 aliphatic carbocycles. The third-order valence-corrected chi connectivity index (χ3v) is 12.8. The van der Waals surface area contributed by atoms with Crippen LogP contribution >= 0.6 is 0 Å². The van der Waals surface area contributed by atoms with E-state index in [4.69, 9.17) is 24.7 Å². The number of ether oxygens (including phenoxy) is 4. The van der Waals surface area contributed by atoms with Crippen LogP contribution in [0.5, 0.6) is 23.0 Å². The van der Waals surface area contributed by atoms with Crippen LogP contribution in [-0.4, -0.2) is 130 Å². The lowest BCUT2D eigenvalue weighted by atomic mass is 9.75. The SMILES string of the molecule is CC1(C(=O)N[C@H](Cc2cccnc2)CN2CCN(c3cccc4c3OCCO4)CC2)CCCCC1.N[C@H](Cc1cccnc1)CN1CCN(c2cccc3c2OCCO3)CC1. The molecule has 13 nitrogen and oxygen atoms in total. The maximum atomic E-state index is 13.4. The highest BCUT2D eigenvalue weighted by molar-refractivity contribution is 5.82. The quantitative estimate of drug-likeness (QED) is 0.194. The number of anilines is 2. The van der Waals surface area contributed by atoms with Crippen LogP contribution in [0.25, 0.3) is 0 Å². The number of amides is 1. The van der Waals surface area contributed by atoms with Gasteiger partial charge in [0.2, 0.25) is 5.91 Å². The Bertz CT molecular complexity index is 1980. The summed E-state index contributed by atoms with van der Waals surface area (Å²) in [6.07, 6.45) is 14.6. The fourth-order valence-electron chi connectivity index (χ4n) is 9.37. The Morgan fingerprint density at radius 2 is 1.16 bits per heavy atom. The summed E-state index contributed by atoms with van der Waals surface area (Å²) in [5.41, 5.74) is 10.7. The normalized spacial score (nSPS) is 19.8. The predicted molar refractivity (Wildman–Crippen MR) is 239 cm³/mol. The van der Waals surface area contributed by atoms with Crippen LogP contribution in [0.3, 0.4) is 0 Å². The van der Waals surface area contributed by atoms with E-state index in [9.17, 15) is 4.79 Å². The van der Waals surface area contributed by atoms with Crippen LogP contribution in [-0.2, 0) is 17.6 Å². The highest BCUT2D eigenvalue weighted by Crippen LogP contribution is 2.41. The Kier molecular flexibility index (Phi) is 14.4. The molecule has 0 spiro atoms. The van der Waals surface area contributed by atoms with Gasteiger partial charge in [0.15, 0.2) is 23.0 Å². The fraction of sp³-hybridized carbons (Fsp3) is 0.521. The smallest absolute Gasteiger partial charge is 0.226 e. The number of pyridine rings is 2. The third kappa shape index (κ3) is 11.2. The second-order valence-electron chi connectivity index (χ2n) is 17.4. The number of nitrogens with one attached hydrogen (secondary N) is 1. The molecule has 1 saturated carbocycles. The monoisotopic (exact) mass is 832 g/mol. The zero-order valence-electron chi connectivity index (χ0n) is 35.9. The Hall–Kier alpha value is -5.11. The topological polar surface area (TPSA) is 131 Å². The van der Waals surface area contributed by atoms with E-state index in [1.54, 1.807) is 12.4 Å². The van der Waals surface area contributed by atoms with E-state index in [0.29, 0.717) is 26.4 Å². The molecule has 2 aromatic heterocycles. The van der Waals surface area contributed by atoms with Crippen LogP contribution in [0.2, 0.25) is 0 Å². The minimum absolute atomic E-state index is 0.0678. The first kappa shape index (κ1) is 42.6. The van der Waals surface area contributed by atoms with Gasteiger partial charge in [-0.3, -0.25) is 24.6 Å². The van der Waals surface area contributed by atoms with Crippen LogP contribution < -0.4 is 39.8 Å². The number of nitrogens with two attached hydrogens (primary N) is 1. The number of carbonyl (C=O) groups excluding carboxylic acids is 1. The van der Waals surface area contributed by atoms with Crippen molar-refractivity contribution >= 4 is 17.3 Å². The molecule has 1 amide bonds. The second kappa shape index (κ2) is 20.6. The molecule has 9 rings (SSSR count). The van der Waals surface area contributed by atoms with Crippen molar-refractivity contribution in [3.8, 4) is 23.0 Å². The Balaban J connectivity index is 0.000000176. The molecule has 4 aliphatic heterocycles. The number of piperazine rings is 2. The largest absolute Gasteiger partial charge is 0.486 e. The van der Waals surface area contributed by atoms with Crippen molar-refractivity contribution in [2.75, 3.05) is 102 Å². The van der Waals surface area contributed by atoms with E-state index in [1.165, 1.54) is 17.5 Å². The van der Waals surface area contributed by atoms with Gasteiger partial charge in [-0.1, -0.05) is 50.5 Å². The molecule has 3 N–H and O–H groups in total. The number of fused-ring (bicyclic) bond motifs is 2. The van der Waals surface area contributed by atoms with Gasteiger partial charge >= 0.3 is 0 Å². The Morgan fingerprint density at radius 3 is 1.69 bits per heavy atom. The van der Waals surface area contributed by atoms with E-state index in [-0.39, 0.29) is 23.4 Å². The van der Waals surface area contributed by atoms with Crippen LogP contribution in [0.15, 0.2) is 85.5 Å². The minimum Gasteiger partial charge on any atom is -0.486 e. The molecule has 326 valence electrons. The number of rotatable bonds is 12. The predicted octanol–water partition coefficient (Wildman–Crippen LogP) is 5.22. The standard InChI is InChI=1S/C28H38N4O3.C20H26N4O2/c1-28(10-3-2-4-11-28)27(33)30-23(19-22-7-6-12-29-20-22)21-31-13-15-32(16-14-31)24-8-5-9-25-26(24)35-18-17-34-25;21-17(13-16-3-2-6-22-14-16)15-23-7-9-24(10-8-23)18-4-1-5-19-20(18)26-12-11-25-19/h5-9,12,20,23H,2-4,10-11,13-19,21H2,1H3,(H,30,33);1-6,14,17H,7-13,15,21H2/t23-;17-/m11/s1. The first-order valence-electron chi connectivity index (χ1n) is 22.5. The zero-order valence-corrected chi connectivity index (χ0v) is 35.9. The first-order valence-corrected chi connectivity index (χ1v) is 22.5. The second-order valence-corrected chi connectivity index (χ2v) is 17.4. The van der Waals surface area contributed by atoms with Crippen molar-refractivity contribution in [1.82, 2.24) is 25.1 Å². The average Bonchev–Trinajstić information content (AvgIpc) is 3.30. The number of para-hydroxylation sites is 2. The number of benzene rings is 2. The number of hydrogen-bond acceptors (Lipinski definition) is 12. The van der Waals surface area contributed by atoms with Crippen molar-refractivity contribution in [3.05, 3.63) is 96.6 Å². The summed E-state index contributed by atoms with van der Waals surface area (Å²) >= 11 is 0. The lowest BCUT2D eigenvalue weighted by Gasteiger charge is -2.39. The summed E-state index contributed by atoms with van der Waals surface area (Å²) in [6.45, 7) is 14.0. The van der Waals surface area contributed by atoms with Crippen LogP contribution in [0, 0.1) is 5.41 Å². The van der Waals surface area contributed by atoms with Crippen LogP contribution in [0.1, 0.15) is 50.2 Å². The molecule has 2 saturated heterocycles. The van der Waals surface area contributed by atoms with E-state index < -0.39 is 0 Å². The average molecular weight is 833 g/mol. The maximum Gasteiger partial charge on any atom is 0.226 e. The van der Waals surface area contributed by atoms with Gasteiger partial charge < -0.3 is 39.8 Å². The molecule has 13 heteroatoms. The number of aromatic nitrogens is 2. The lowest BCUT2D eigenvalue weighted by molar-refractivity contribution is -0.132. The van der Waals surface area contributed by atoms with E-state index in [1.807, 2.05) is 48.8 Å². The highest BCUT2D eigenvalue weighted by Gasteiger charge is 2.36. The number of hydrogen-bond donors (Lipinski definition) is 2. The number of carbonyl (C=O) groups is 1. The van der Waals surface area contributed by atoms with Gasteiger partial charge in [-0.2, -0.15) is 0 Å². The summed E-state index contributed by atoms with van der Waals surface area (Å²) in [7, 11) is 0. The van der Waals surface area contributed by atoms with Gasteiger partial charge in [-0.15, -0.1) is 0 Å². The first-order chi connectivity index (χ1) is 29.9. The summed E-state index contributed by atoms with van der Waals surface area (Å²) in [5, 5.41) is 3.45. The van der Waals surface area contributed by atoms with Gasteiger partial charge in [-0.05, 0) is 73.2 Å². The van der Waals surface area contributed by atoms with Gasteiger partial charge in [-0.25, -0.2) is 0 Å². The molecule has 3 fully saturated rings. The van der Waals surface area contributed by atoms with Gasteiger partial charge in [0.05, 0.1) is 11.4 Å². The van der Waals surface area contributed by atoms with E-state index in [2.05, 4.69) is 66.1 Å². The molecule has 0 radical (unpaired) electrons. The highest BCUT2D eigenvalue weighted by atomic mass is 16.6. The molecule has 0 bridgehead atoms. The molecular weight excluding hydrogens is 769 g/mol. The summed E-state index contributed by atoms with van der Waals surface area (Å²) < 4.78 is 23.3. The third-order valence-electron chi connectivity index (χ3n) is 12.8. The Morgan fingerprint density at radius 1 is 0.656 bits per heavy atom. The summed E-state index contributed by atoms with van der Waals surface area (Å²) in [4.78, 5) is 31.5. The van der Waals surface area contributed by atoms with Crippen molar-refractivity contribution in [2.45, 2.75) is 64.0 Å². The van der Waals surface area contributed by atoms with Crippen molar-refractivity contribution in [2.24, 2.45) is 11.1 Å². The van der Waals surface area contributed by atoms with Crippen molar-refractivity contribution in [1.29, 1.82) is 0 Å². The zero-order chi connectivity index (χ0) is 41.9. The molecule has 4 aromatic rings. The minimum atomic E-state index is -0.237. The van der Waals surface area contributed by atoms with Crippen LogP contribution in [0.4, 0.5) is 11.4 Å². The van der Waals surface area contributed by atoms with Crippen molar-refractivity contribution < 1.29 is 23.7 Å². The van der Waals surface area contributed by atoms with Gasteiger partial charge in [0, 0.05) is 108 Å². The van der Waals surface area contributed by atoms with E-state index in [0.717, 1.165) is 138 Å². The molecule has 0 unspecified atom stereocenters. The molecule has 2 atom stereocenters. The fourth-order valence-corrected chi connectivity index (χ4v) is 9.37. The Labute approximate surface area is 361 Å². The number of nitrogens with zero attached hydrogens (tertiary/aromatic N) is 6. The molecule has 6 heterocycles. The molecular formula is C48H64N8O5. The molecule has 5 aliphatic rings. The van der Waals surface area contributed by atoms with Gasteiger partial charge in [0.1, 0.15) is 26.4 Å². The summed E-state index contributed by atoms with van der Waals surface area (Å²) in [5.74, 6) is 3.68. The summed E-state index contributed by atoms with van der Waals surface area (Å²) in [6, 6.07) is 20.6. The maximum absolute atomic E-state index is 13.4. The van der Waals surface area contributed by atoms with E-state index >= 15 is 0 Å². The van der Waals surface area contributed by atoms with Crippen molar-refractivity contribution in [3.63, 3.8) is 0 Å². The molecule has 2 aromatic carbocycles. The molecule has 61 heavy (non-hydrogen) atoms. The lowest BCUT2D eigenvalue weighted by Crippen LogP contribution is -2.54.